The van der Waals surface area contributed by atoms with Gasteiger partial charge in [-0.05, 0) is 73.2 Å². The zero-order valence-corrected chi connectivity index (χ0v) is 15.2. The molecule has 27 heavy (non-hydrogen) atoms. The highest BCUT2D eigenvalue weighted by Gasteiger charge is 2.14. The minimum absolute atomic E-state index is 0.870. The summed E-state index contributed by atoms with van der Waals surface area (Å²) in [6.45, 7) is 2.00. The molecule has 0 spiro atoms. The zero-order valence-electron chi connectivity index (χ0n) is 15.2. The van der Waals surface area contributed by atoms with E-state index in [2.05, 4.69) is 39.2 Å². The van der Waals surface area contributed by atoms with Gasteiger partial charge in [0.1, 0.15) is 5.65 Å². The smallest absolute Gasteiger partial charge is 0.138 e. The van der Waals surface area contributed by atoms with Gasteiger partial charge in [-0.3, -0.25) is 9.97 Å². The largest absolute Gasteiger partial charge is 0.346 e. The molecule has 1 aliphatic carbocycles. The molecule has 0 amide bonds. The van der Waals surface area contributed by atoms with E-state index in [1.165, 1.54) is 24.0 Å². The van der Waals surface area contributed by atoms with Crippen LogP contribution in [0.25, 0.3) is 39.1 Å². The first-order valence-electron chi connectivity index (χ1n) is 9.35. The lowest BCUT2D eigenvalue weighted by Gasteiger charge is -2.10. The van der Waals surface area contributed by atoms with Crippen LogP contribution < -0.4 is 0 Å². The molecule has 0 unspecified atom stereocenters. The Kier molecular flexibility index (Phi) is 3.82. The number of hydrogen-bond acceptors (Lipinski definition) is 3. The fourth-order valence-electron chi connectivity index (χ4n) is 3.79. The van der Waals surface area contributed by atoms with Gasteiger partial charge in [-0.15, -0.1) is 0 Å². The summed E-state index contributed by atoms with van der Waals surface area (Å²) in [7, 11) is 0. The molecule has 4 aromatic heterocycles. The first kappa shape index (κ1) is 15.9. The summed E-state index contributed by atoms with van der Waals surface area (Å²) in [6.07, 6.45) is 11.7. The molecule has 0 radical (unpaired) electrons. The molecule has 1 aliphatic rings. The highest BCUT2D eigenvalue weighted by Crippen LogP contribution is 2.34. The van der Waals surface area contributed by atoms with Crippen molar-refractivity contribution in [3.05, 3.63) is 72.3 Å². The number of H-pyrrole nitrogens is 1. The third kappa shape index (κ3) is 2.93. The second kappa shape index (κ2) is 6.47. The van der Waals surface area contributed by atoms with Crippen LogP contribution in [-0.2, 0) is 0 Å². The van der Waals surface area contributed by atoms with Crippen LogP contribution in [0.3, 0.4) is 0 Å². The zero-order chi connectivity index (χ0) is 18.2. The number of aromatic nitrogens is 4. The molecule has 1 N–H and O–H groups in total. The Morgan fingerprint density at radius 3 is 2.74 bits per heavy atom. The molecule has 4 heterocycles. The van der Waals surface area contributed by atoms with Gasteiger partial charge in [-0.2, -0.15) is 0 Å². The number of nitrogens with zero attached hydrogens (tertiary/aromatic N) is 3. The van der Waals surface area contributed by atoms with Crippen LogP contribution >= 0.6 is 0 Å². The lowest BCUT2D eigenvalue weighted by molar-refractivity contribution is 0.935. The molecule has 132 valence electrons. The molecule has 0 saturated heterocycles. The number of pyridine rings is 3. The van der Waals surface area contributed by atoms with Gasteiger partial charge in [-0.25, -0.2) is 4.98 Å². The van der Waals surface area contributed by atoms with Crippen LogP contribution in [0.4, 0.5) is 0 Å². The lowest BCUT2D eigenvalue weighted by atomic mass is 9.99. The van der Waals surface area contributed by atoms with Crippen molar-refractivity contribution in [2.24, 2.45) is 0 Å². The first-order chi connectivity index (χ1) is 13.3. The van der Waals surface area contributed by atoms with Gasteiger partial charge < -0.3 is 4.98 Å². The van der Waals surface area contributed by atoms with Crippen molar-refractivity contribution < 1.29 is 0 Å². The van der Waals surface area contributed by atoms with E-state index >= 15 is 0 Å². The summed E-state index contributed by atoms with van der Waals surface area (Å²) in [5.74, 6) is 0. The van der Waals surface area contributed by atoms with Crippen LogP contribution in [0, 0.1) is 6.92 Å². The molecule has 4 aromatic rings. The number of hydrogen-bond donors (Lipinski definition) is 1. The maximum absolute atomic E-state index is 4.78. The summed E-state index contributed by atoms with van der Waals surface area (Å²) < 4.78 is 0. The van der Waals surface area contributed by atoms with E-state index in [4.69, 9.17) is 4.98 Å². The van der Waals surface area contributed by atoms with Crippen molar-refractivity contribution >= 4 is 16.6 Å². The minimum Gasteiger partial charge on any atom is -0.346 e. The monoisotopic (exact) mass is 352 g/mol. The lowest BCUT2D eigenvalue weighted by Crippen LogP contribution is -1.93. The number of aromatic amines is 1. The number of allylic oxidation sites excluding steroid dienone is 2. The van der Waals surface area contributed by atoms with Gasteiger partial charge in [0.15, 0.2) is 0 Å². The predicted molar refractivity (Wildman–Crippen MR) is 109 cm³/mol. The highest BCUT2D eigenvalue weighted by atomic mass is 14.9. The Bertz CT molecular complexity index is 1170. The van der Waals surface area contributed by atoms with Crippen molar-refractivity contribution in [3.63, 3.8) is 0 Å². The molecule has 4 nitrogen and oxygen atoms in total. The third-order valence-electron chi connectivity index (χ3n) is 5.14. The van der Waals surface area contributed by atoms with Gasteiger partial charge in [0, 0.05) is 35.2 Å². The third-order valence-corrected chi connectivity index (χ3v) is 5.14. The number of aryl methyl sites for hydroxylation is 1. The van der Waals surface area contributed by atoms with E-state index < -0.39 is 0 Å². The maximum atomic E-state index is 4.78. The van der Waals surface area contributed by atoms with Crippen molar-refractivity contribution in [2.75, 3.05) is 0 Å². The Morgan fingerprint density at radius 2 is 1.89 bits per heavy atom. The molecule has 0 aliphatic heterocycles. The normalized spacial score (nSPS) is 13.9. The molecule has 0 fully saturated rings. The second-order valence-electron chi connectivity index (χ2n) is 7.04. The molecule has 4 heteroatoms. The highest BCUT2D eigenvalue weighted by molar-refractivity contribution is 5.95. The Morgan fingerprint density at radius 1 is 0.963 bits per heavy atom. The average molecular weight is 352 g/mol. The SMILES string of the molecule is Cc1cccc(-c2cc(-c3cncc(C4=CCCC4)c3)c3cc[nH]c3n2)n1. The Balaban J connectivity index is 1.69. The van der Waals surface area contributed by atoms with Gasteiger partial charge in [0.05, 0.1) is 11.4 Å². The molecular formula is C23H20N4. The quantitative estimate of drug-likeness (QED) is 0.525. The molecular weight excluding hydrogens is 332 g/mol. The van der Waals surface area contributed by atoms with Crippen molar-refractivity contribution in [1.29, 1.82) is 0 Å². The fourth-order valence-corrected chi connectivity index (χ4v) is 3.79. The Hall–Kier alpha value is -3.27. The first-order valence-corrected chi connectivity index (χ1v) is 9.35. The standard InChI is InChI=1S/C23H20N4/c1-15-5-4-8-21(26-15)22-12-20(19-9-10-25-23(19)27-22)18-11-17(13-24-14-18)16-6-2-3-7-16/h4-6,8-14H,2-3,7H2,1H3,(H,25,27). The van der Waals surface area contributed by atoms with E-state index in [-0.39, 0.29) is 0 Å². The van der Waals surface area contributed by atoms with E-state index in [9.17, 15) is 0 Å². The van der Waals surface area contributed by atoms with Crippen LogP contribution in [0.5, 0.6) is 0 Å². The fraction of sp³-hybridized carbons (Fsp3) is 0.174. The van der Waals surface area contributed by atoms with E-state index in [1.54, 1.807) is 0 Å². The van der Waals surface area contributed by atoms with Crippen molar-refractivity contribution in [2.45, 2.75) is 26.2 Å². The summed E-state index contributed by atoms with van der Waals surface area (Å²) in [6, 6.07) is 12.5. The minimum atomic E-state index is 0.870. The maximum Gasteiger partial charge on any atom is 0.138 e. The predicted octanol–water partition coefficient (Wildman–Crippen LogP) is 5.56. The molecule has 0 atom stereocenters. The molecule has 5 rings (SSSR count). The average Bonchev–Trinajstić information content (AvgIpc) is 3.39. The van der Waals surface area contributed by atoms with Gasteiger partial charge in [0.2, 0.25) is 0 Å². The van der Waals surface area contributed by atoms with Gasteiger partial charge in [-0.1, -0.05) is 12.1 Å². The number of rotatable bonds is 3. The molecule has 0 bridgehead atoms. The Labute approximate surface area is 158 Å². The molecule has 0 saturated carbocycles. The summed E-state index contributed by atoms with van der Waals surface area (Å²) in [5.41, 5.74) is 8.48. The summed E-state index contributed by atoms with van der Waals surface area (Å²) in [5, 5.41) is 1.10. The van der Waals surface area contributed by atoms with E-state index in [0.717, 1.165) is 45.7 Å². The van der Waals surface area contributed by atoms with Crippen LogP contribution in [0.2, 0.25) is 0 Å². The summed E-state index contributed by atoms with van der Waals surface area (Å²) >= 11 is 0. The van der Waals surface area contributed by atoms with Gasteiger partial charge in [0.25, 0.3) is 0 Å². The van der Waals surface area contributed by atoms with Crippen molar-refractivity contribution in [1.82, 2.24) is 19.9 Å². The second-order valence-corrected chi connectivity index (χ2v) is 7.04. The van der Waals surface area contributed by atoms with Crippen LogP contribution in [0.1, 0.15) is 30.5 Å². The topological polar surface area (TPSA) is 54.5 Å². The summed E-state index contributed by atoms with van der Waals surface area (Å²) in [4.78, 5) is 17.2. The molecule has 0 aromatic carbocycles. The van der Waals surface area contributed by atoms with Crippen LogP contribution in [0.15, 0.2) is 61.1 Å². The van der Waals surface area contributed by atoms with Crippen LogP contribution in [-0.4, -0.2) is 19.9 Å². The van der Waals surface area contributed by atoms with Gasteiger partial charge >= 0.3 is 0 Å². The number of nitrogens with one attached hydrogen (secondary N) is 1. The number of fused-ring (bicyclic) bond motifs is 1. The van der Waals surface area contributed by atoms with E-state index in [1.807, 2.05) is 43.7 Å². The van der Waals surface area contributed by atoms with Crippen molar-refractivity contribution in [3.8, 4) is 22.5 Å². The van der Waals surface area contributed by atoms with E-state index in [0.29, 0.717) is 0 Å².